The van der Waals surface area contributed by atoms with E-state index in [9.17, 15) is 16.8 Å². The lowest BCUT2D eigenvalue weighted by atomic mass is 10.1. The fourth-order valence-corrected chi connectivity index (χ4v) is 4.80. The molecule has 0 aliphatic carbocycles. The van der Waals surface area contributed by atoms with Crippen LogP contribution >= 0.6 is 0 Å². The molecule has 0 heterocycles. The second-order valence-corrected chi connectivity index (χ2v) is 9.37. The highest BCUT2D eigenvalue weighted by molar-refractivity contribution is 7.89. The van der Waals surface area contributed by atoms with Crippen LogP contribution in [0.1, 0.15) is 34.6 Å². The monoisotopic (exact) mass is 362 g/mol. The van der Waals surface area contributed by atoms with E-state index in [1.54, 1.807) is 20.8 Å². The normalized spacial score (nSPS) is 14.4. The van der Waals surface area contributed by atoms with E-state index in [-0.39, 0.29) is 21.8 Å². The Morgan fingerprint density at radius 3 is 1.74 bits per heavy atom. The molecule has 23 heavy (non-hydrogen) atoms. The summed E-state index contributed by atoms with van der Waals surface area (Å²) in [6.07, 6.45) is 0. The molecule has 0 saturated heterocycles. The highest BCUT2D eigenvalue weighted by Crippen LogP contribution is 2.19. The van der Waals surface area contributed by atoms with Crippen LogP contribution in [0.15, 0.2) is 34.1 Å². The van der Waals surface area contributed by atoms with Gasteiger partial charge < -0.3 is 0 Å². The maximum atomic E-state index is 12.4. The average molecular weight is 363 g/mol. The summed E-state index contributed by atoms with van der Waals surface area (Å²) in [6, 6.07) is 5.11. The van der Waals surface area contributed by atoms with Gasteiger partial charge in [-0.05, 0) is 37.1 Å². The topological polar surface area (TPSA) is 83.6 Å². The van der Waals surface area contributed by atoms with Gasteiger partial charge in [0.2, 0.25) is 20.0 Å². The smallest absolute Gasteiger partial charge is 0.208 e. The third-order valence-corrected chi connectivity index (χ3v) is 7.46. The molecule has 1 rings (SSSR count). The highest BCUT2D eigenvalue weighted by Gasteiger charge is 2.23. The molecule has 6 nitrogen and oxygen atoms in total. The van der Waals surface area contributed by atoms with Gasteiger partial charge in [-0.2, -0.15) is 4.31 Å². The number of rotatable bonds is 8. The fraction of sp³-hybridized carbons (Fsp3) is 0.600. The van der Waals surface area contributed by atoms with Crippen LogP contribution in [0.3, 0.4) is 0 Å². The van der Waals surface area contributed by atoms with Gasteiger partial charge in [-0.15, -0.1) is 0 Å². The van der Waals surface area contributed by atoms with Crippen molar-refractivity contribution in [2.24, 2.45) is 5.92 Å². The van der Waals surface area contributed by atoms with Crippen molar-refractivity contribution < 1.29 is 16.8 Å². The molecule has 0 unspecified atom stereocenters. The van der Waals surface area contributed by atoms with Crippen molar-refractivity contribution in [2.45, 2.75) is 50.5 Å². The summed E-state index contributed by atoms with van der Waals surface area (Å²) in [5, 5.41) is 0. The molecule has 1 aromatic carbocycles. The van der Waals surface area contributed by atoms with Gasteiger partial charge >= 0.3 is 0 Å². The summed E-state index contributed by atoms with van der Waals surface area (Å²) >= 11 is 0. The molecule has 0 aliphatic rings. The second-order valence-electron chi connectivity index (χ2n) is 5.71. The molecule has 0 saturated carbocycles. The summed E-state index contributed by atoms with van der Waals surface area (Å²) in [6.45, 7) is 9.90. The van der Waals surface area contributed by atoms with E-state index in [2.05, 4.69) is 4.72 Å². The summed E-state index contributed by atoms with van der Waals surface area (Å²) in [7, 11) is -7.24. The van der Waals surface area contributed by atoms with Crippen LogP contribution in [0.4, 0.5) is 0 Å². The Balaban J connectivity index is 3.10. The largest absolute Gasteiger partial charge is 0.243 e. The van der Waals surface area contributed by atoms with Crippen molar-refractivity contribution in [3.8, 4) is 0 Å². The summed E-state index contributed by atoms with van der Waals surface area (Å²) < 4.78 is 53.2. The summed E-state index contributed by atoms with van der Waals surface area (Å²) in [5.74, 6) is 0.159. The number of sulfonamides is 2. The molecule has 0 aromatic heterocycles. The molecular formula is C15H26N2O4S2. The molecule has 1 aromatic rings. The Morgan fingerprint density at radius 1 is 0.913 bits per heavy atom. The molecular weight excluding hydrogens is 336 g/mol. The van der Waals surface area contributed by atoms with Crippen LogP contribution < -0.4 is 4.72 Å². The lowest BCUT2D eigenvalue weighted by Gasteiger charge is -2.19. The van der Waals surface area contributed by atoms with Crippen molar-refractivity contribution in [1.82, 2.24) is 9.03 Å². The summed E-state index contributed by atoms with van der Waals surface area (Å²) in [4.78, 5) is 0.153. The maximum absolute atomic E-state index is 12.4. The van der Waals surface area contributed by atoms with Crippen LogP contribution in [-0.2, 0) is 20.0 Å². The third-order valence-electron chi connectivity index (χ3n) is 3.82. The lowest BCUT2D eigenvalue weighted by Crippen LogP contribution is -2.36. The molecule has 0 radical (unpaired) electrons. The van der Waals surface area contributed by atoms with Gasteiger partial charge in [0, 0.05) is 19.1 Å². The Morgan fingerprint density at radius 2 is 1.35 bits per heavy atom. The first-order chi connectivity index (χ1) is 10.6. The number of hydrogen-bond acceptors (Lipinski definition) is 4. The van der Waals surface area contributed by atoms with Gasteiger partial charge in [-0.25, -0.2) is 21.6 Å². The minimum Gasteiger partial charge on any atom is -0.208 e. The van der Waals surface area contributed by atoms with E-state index in [0.717, 1.165) is 0 Å². The van der Waals surface area contributed by atoms with Crippen LogP contribution in [0, 0.1) is 5.92 Å². The molecule has 0 amide bonds. The number of nitrogens with one attached hydrogen (secondary N) is 1. The summed E-state index contributed by atoms with van der Waals surface area (Å²) in [5.41, 5.74) is 0. The minimum atomic E-state index is -3.66. The third kappa shape index (κ3) is 4.76. The van der Waals surface area contributed by atoms with Crippen LogP contribution in [0.2, 0.25) is 0 Å². The van der Waals surface area contributed by atoms with Crippen molar-refractivity contribution in [3.63, 3.8) is 0 Å². The van der Waals surface area contributed by atoms with E-state index >= 15 is 0 Å². The lowest BCUT2D eigenvalue weighted by molar-refractivity contribution is 0.445. The molecule has 1 N–H and O–H groups in total. The van der Waals surface area contributed by atoms with E-state index in [1.165, 1.54) is 28.6 Å². The predicted octanol–water partition coefficient (Wildman–Crippen LogP) is 2.04. The number of hydrogen-bond donors (Lipinski definition) is 1. The zero-order chi connectivity index (χ0) is 17.8. The standard InChI is InChI=1S/C15H26N2O4S2/c1-6-17(7-2)23(20,21)15-10-8-14(9-11-15)22(18,19)16-13(5)12(3)4/h8-13,16H,6-7H2,1-5H3/t13-/m0/s1. The van der Waals surface area contributed by atoms with E-state index in [4.69, 9.17) is 0 Å². The first-order valence-corrected chi connectivity index (χ1v) is 10.6. The number of benzene rings is 1. The van der Waals surface area contributed by atoms with Gasteiger partial charge in [-0.3, -0.25) is 0 Å². The highest BCUT2D eigenvalue weighted by atomic mass is 32.2. The maximum Gasteiger partial charge on any atom is 0.243 e. The van der Waals surface area contributed by atoms with Crippen molar-refractivity contribution >= 4 is 20.0 Å². The van der Waals surface area contributed by atoms with E-state index in [1.807, 2.05) is 13.8 Å². The van der Waals surface area contributed by atoms with E-state index < -0.39 is 20.0 Å². The second kappa shape index (κ2) is 7.74. The average Bonchev–Trinajstić information content (AvgIpc) is 2.47. The zero-order valence-electron chi connectivity index (χ0n) is 14.3. The molecule has 132 valence electrons. The van der Waals surface area contributed by atoms with Gasteiger partial charge in [0.25, 0.3) is 0 Å². The van der Waals surface area contributed by atoms with Crippen LogP contribution in [-0.4, -0.2) is 40.3 Å². The fourth-order valence-electron chi connectivity index (χ4n) is 1.95. The predicted molar refractivity (Wildman–Crippen MR) is 91.2 cm³/mol. The van der Waals surface area contributed by atoms with Gasteiger partial charge in [0.15, 0.2) is 0 Å². The SMILES string of the molecule is CCN(CC)S(=O)(=O)c1ccc(S(=O)(=O)N[C@@H](C)C(C)C)cc1. The number of nitrogens with zero attached hydrogens (tertiary/aromatic N) is 1. The Bertz CT molecular complexity index is 706. The Hall–Kier alpha value is -0.960. The zero-order valence-corrected chi connectivity index (χ0v) is 15.9. The first kappa shape index (κ1) is 20.1. The van der Waals surface area contributed by atoms with Crippen molar-refractivity contribution in [1.29, 1.82) is 0 Å². The molecule has 0 aliphatic heterocycles. The first-order valence-electron chi connectivity index (χ1n) is 7.68. The Kier molecular flexibility index (Phi) is 6.76. The van der Waals surface area contributed by atoms with E-state index in [0.29, 0.717) is 13.1 Å². The molecule has 0 fully saturated rings. The van der Waals surface area contributed by atoms with Crippen LogP contribution in [0.25, 0.3) is 0 Å². The Labute approximate surface area is 140 Å². The van der Waals surface area contributed by atoms with Crippen molar-refractivity contribution in [2.75, 3.05) is 13.1 Å². The van der Waals surface area contributed by atoms with Crippen LogP contribution in [0.5, 0.6) is 0 Å². The van der Waals surface area contributed by atoms with Gasteiger partial charge in [0.05, 0.1) is 9.79 Å². The van der Waals surface area contributed by atoms with Crippen molar-refractivity contribution in [3.05, 3.63) is 24.3 Å². The van der Waals surface area contributed by atoms with Gasteiger partial charge in [0.1, 0.15) is 0 Å². The van der Waals surface area contributed by atoms with Gasteiger partial charge in [-0.1, -0.05) is 27.7 Å². The molecule has 0 bridgehead atoms. The quantitative estimate of drug-likeness (QED) is 0.767. The molecule has 1 atom stereocenters. The molecule has 8 heteroatoms. The minimum absolute atomic E-state index is 0.0588. The molecule has 0 spiro atoms.